The summed E-state index contributed by atoms with van der Waals surface area (Å²) in [4.78, 5) is 37.2. The Morgan fingerprint density at radius 2 is 1.68 bits per heavy atom. The van der Waals surface area contributed by atoms with Crippen molar-refractivity contribution < 1.29 is 18.7 Å². The van der Waals surface area contributed by atoms with Crippen LogP contribution in [-0.2, 0) is 11.3 Å². The quantitative estimate of drug-likeness (QED) is 0.347. The smallest absolute Gasteiger partial charge is 0.374 e. The molecule has 0 amide bonds. The van der Waals surface area contributed by atoms with Crippen molar-refractivity contribution in [3.05, 3.63) is 105 Å². The molecule has 0 saturated heterocycles. The number of Topliss-reactive ketones (excluding diaryl/α,β-unsaturated/α-hetero) is 1. The number of aryl methyl sites for hydroxylation is 1. The van der Waals surface area contributed by atoms with Gasteiger partial charge in [0.25, 0.3) is 0 Å². The highest BCUT2D eigenvalue weighted by Crippen LogP contribution is 2.18. The summed E-state index contributed by atoms with van der Waals surface area (Å²) in [6.07, 6.45) is 0. The highest BCUT2D eigenvalue weighted by atomic mass is 16.5. The molecule has 0 aliphatic rings. The van der Waals surface area contributed by atoms with Gasteiger partial charge in [-0.1, -0.05) is 42.5 Å². The third-order valence-corrected chi connectivity index (χ3v) is 5.23. The number of carbonyl (C=O) groups is 2. The van der Waals surface area contributed by atoms with Gasteiger partial charge in [0.1, 0.15) is 5.58 Å². The van der Waals surface area contributed by atoms with Gasteiger partial charge in [0, 0.05) is 29.6 Å². The van der Waals surface area contributed by atoms with Crippen LogP contribution in [0.5, 0.6) is 0 Å². The number of hydrogen-bond donors (Lipinski definition) is 0. The molecule has 2 heterocycles. The van der Waals surface area contributed by atoms with E-state index in [1.807, 2.05) is 48.7 Å². The molecule has 0 spiro atoms. The molecule has 4 rings (SSSR count). The van der Waals surface area contributed by atoms with Crippen LogP contribution in [0.1, 0.15) is 37.9 Å². The molecule has 0 unspecified atom stereocenters. The first-order valence-electron chi connectivity index (χ1n) is 9.88. The maximum absolute atomic E-state index is 12.7. The number of rotatable bonds is 6. The van der Waals surface area contributed by atoms with Crippen LogP contribution < -0.4 is 5.43 Å². The van der Waals surface area contributed by atoms with Gasteiger partial charge in [-0.15, -0.1) is 0 Å². The summed E-state index contributed by atoms with van der Waals surface area (Å²) >= 11 is 0. The zero-order valence-corrected chi connectivity index (χ0v) is 17.3. The SMILES string of the molecule is Cc1cc(C(=O)COC(=O)c2cc(=O)c3ccccc3o2)c(C)n1Cc1ccccc1. The molecule has 0 saturated carbocycles. The maximum atomic E-state index is 12.7. The summed E-state index contributed by atoms with van der Waals surface area (Å²) in [7, 11) is 0. The molecular formula is C25H21NO5. The van der Waals surface area contributed by atoms with E-state index in [0.717, 1.165) is 23.0 Å². The predicted molar refractivity (Wildman–Crippen MR) is 117 cm³/mol. The molecule has 6 heteroatoms. The van der Waals surface area contributed by atoms with Gasteiger partial charge in [-0.3, -0.25) is 9.59 Å². The molecule has 2 aromatic carbocycles. The highest BCUT2D eigenvalue weighted by molar-refractivity contribution is 6.00. The molecule has 0 fully saturated rings. The number of carbonyl (C=O) groups excluding carboxylic acids is 2. The Balaban J connectivity index is 1.48. The number of ketones is 1. The molecule has 6 nitrogen and oxygen atoms in total. The Hall–Kier alpha value is -3.93. The topological polar surface area (TPSA) is 78.5 Å². The third kappa shape index (κ3) is 4.19. The van der Waals surface area contributed by atoms with E-state index < -0.39 is 12.6 Å². The summed E-state index contributed by atoms with van der Waals surface area (Å²) in [5.41, 5.74) is 3.32. The fourth-order valence-electron chi connectivity index (χ4n) is 3.58. The zero-order valence-electron chi connectivity index (χ0n) is 17.3. The number of esters is 1. The van der Waals surface area contributed by atoms with Crippen molar-refractivity contribution in [3.63, 3.8) is 0 Å². The Kier molecular flexibility index (Phi) is 5.54. The van der Waals surface area contributed by atoms with Crippen LogP contribution in [0.15, 0.2) is 75.9 Å². The standard InChI is InChI=1S/C25H21NO5/c1-16-12-20(17(2)26(16)14-18-8-4-3-5-9-18)22(28)15-30-25(29)24-13-21(27)19-10-6-7-11-23(19)31-24/h3-13H,14-15H2,1-2H3. The summed E-state index contributed by atoms with van der Waals surface area (Å²) < 4.78 is 12.7. The molecule has 31 heavy (non-hydrogen) atoms. The largest absolute Gasteiger partial charge is 0.451 e. The van der Waals surface area contributed by atoms with Gasteiger partial charge >= 0.3 is 5.97 Å². The van der Waals surface area contributed by atoms with Crippen molar-refractivity contribution in [3.8, 4) is 0 Å². The van der Waals surface area contributed by atoms with E-state index in [0.29, 0.717) is 17.5 Å². The molecular weight excluding hydrogens is 394 g/mol. The van der Waals surface area contributed by atoms with Gasteiger partial charge in [-0.2, -0.15) is 0 Å². The van der Waals surface area contributed by atoms with Gasteiger partial charge in [0.15, 0.2) is 12.0 Å². The second kappa shape index (κ2) is 8.44. The Morgan fingerprint density at radius 3 is 2.45 bits per heavy atom. The summed E-state index contributed by atoms with van der Waals surface area (Å²) in [6.45, 7) is 4.01. The number of fused-ring (bicyclic) bond motifs is 1. The van der Waals surface area contributed by atoms with Gasteiger partial charge < -0.3 is 13.7 Å². The van der Waals surface area contributed by atoms with Crippen molar-refractivity contribution in [2.24, 2.45) is 0 Å². The first-order valence-corrected chi connectivity index (χ1v) is 9.88. The van der Waals surface area contributed by atoms with Crippen molar-refractivity contribution in [1.82, 2.24) is 4.57 Å². The van der Waals surface area contributed by atoms with Crippen molar-refractivity contribution in [2.75, 3.05) is 6.61 Å². The molecule has 0 bridgehead atoms. The molecule has 0 atom stereocenters. The summed E-state index contributed by atoms with van der Waals surface area (Å²) in [6, 6.07) is 19.5. The third-order valence-electron chi connectivity index (χ3n) is 5.23. The summed E-state index contributed by atoms with van der Waals surface area (Å²) in [5, 5.41) is 0.376. The fraction of sp³-hybridized carbons (Fsp3) is 0.160. The highest BCUT2D eigenvalue weighted by Gasteiger charge is 2.19. The van der Waals surface area contributed by atoms with Crippen molar-refractivity contribution in [1.29, 1.82) is 0 Å². The first-order chi connectivity index (χ1) is 14.9. The Morgan fingerprint density at radius 1 is 0.968 bits per heavy atom. The number of aromatic nitrogens is 1. The van der Waals surface area contributed by atoms with Gasteiger partial charge in [0.2, 0.25) is 11.5 Å². The lowest BCUT2D eigenvalue weighted by atomic mass is 10.1. The van der Waals surface area contributed by atoms with E-state index in [1.165, 1.54) is 0 Å². The first kappa shape index (κ1) is 20.3. The molecule has 0 radical (unpaired) electrons. The second-order valence-corrected chi connectivity index (χ2v) is 7.33. The Labute approximate surface area is 178 Å². The van der Waals surface area contributed by atoms with E-state index >= 15 is 0 Å². The van der Waals surface area contributed by atoms with Crippen LogP contribution in [0.25, 0.3) is 11.0 Å². The van der Waals surface area contributed by atoms with Crippen LogP contribution in [0.4, 0.5) is 0 Å². The minimum absolute atomic E-state index is 0.231. The monoisotopic (exact) mass is 415 g/mol. The number of hydrogen-bond acceptors (Lipinski definition) is 5. The van der Waals surface area contributed by atoms with Gasteiger partial charge in [-0.05, 0) is 37.6 Å². The Bertz CT molecular complexity index is 1330. The lowest BCUT2D eigenvalue weighted by Gasteiger charge is -2.10. The molecule has 0 aliphatic heterocycles. The minimum Gasteiger partial charge on any atom is -0.451 e. The van der Waals surface area contributed by atoms with Gasteiger partial charge in [-0.25, -0.2) is 4.79 Å². The van der Waals surface area contributed by atoms with Crippen LogP contribution in [0, 0.1) is 13.8 Å². The molecule has 2 aromatic heterocycles. The normalized spacial score (nSPS) is 10.9. The van der Waals surface area contributed by atoms with E-state index in [1.54, 1.807) is 30.3 Å². The number of para-hydroxylation sites is 1. The van der Waals surface area contributed by atoms with E-state index in [4.69, 9.17) is 9.15 Å². The van der Waals surface area contributed by atoms with Crippen LogP contribution in [0.2, 0.25) is 0 Å². The van der Waals surface area contributed by atoms with Crippen LogP contribution in [-0.4, -0.2) is 22.9 Å². The van der Waals surface area contributed by atoms with Crippen molar-refractivity contribution in [2.45, 2.75) is 20.4 Å². The average molecular weight is 415 g/mol. The lowest BCUT2D eigenvalue weighted by Crippen LogP contribution is -2.16. The fourth-order valence-corrected chi connectivity index (χ4v) is 3.58. The van der Waals surface area contributed by atoms with E-state index in [2.05, 4.69) is 0 Å². The summed E-state index contributed by atoms with van der Waals surface area (Å²) in [5.74, 6) is -1.40. The second-order valence-electron chi connectivity index (χ2n) is 7.33. The van der Waals surface area contributed by atoms with E-state index in [-0.39, 0.29) is 22.6 Å². The number of nitrogens with zero attached hydrogens (tertiary/aromatic N) is 1. The molecule has 156 valence electrons. The van der Waals surface area contributed by atoms with E-state index in [9.17, 15) is 14.4 Å². The van der Waals surface area contributed by atoms with Crippen LogP contribution >= 0.6 is 0 Å². The van der Waals surface area contributed by atoms with Crippen LogP contribution in [0.3, 0.4) is 0 Å². The van der Waals surface area contributed by atoms with Gasteiger partial charge in [0.05, 0.1) is 5.39 Å². The number of ether oxygens (including phenoxy) is 1. The minimum atomic E-state index is -0.853. The molecule has 0 N–H and O–H groups in total. The zero-order chi connectivity index (χ0) is 22.0. The lowest BCUT2D eigenvalue weighted by molar-refractivity contribution is 0.0444. The predicted octanol–water partition coefficient (Wildman–Crippen LogP) is 4.30. The van der Waals surface area contributed by atoms with Crippen molar-refractivity contribution >= 4 is 22.7 Å². The molecule has 0 aliphatic carbocycles. The maximum Gasteiger partial charge on any atom is 0.374 e. The number of benzene rings is 2. The molecule has 4 aromatic rings. The average Bonchev–Trinajstić information content (AvgIpc) is 3.06.